The van der Waals surface area contributed by atoms with Gasteiger partial charge in [-0.2, -0.15) is 0 Å². The van der Waals surface area contributed by atoms with Gasteiger partial charge < -0.3 is 24.6 Å². The molecule has 9 unspecified atom stereocenters. The second-order valence-corrected chi connectivity index (χ2v) is 11.0. The maximum Gasteiger partial charge on any atom is 0.514 e. The molecule has 1 aromatic carbocycles. The number of amides is 1. The highest BCUT2D eigenvalue weighted by Gasteiger charge is 2.78. The summed E-state index contributed by atoms with van der Waals surface area (Å²) in [6.07, 6.45) is 5.28. The quantitative estimate of drug-likeness (QED) is 0.368. The summed E-state index contributed by atoms with van der Waals surface area (Å²) in [6.45, 7) is 7.15. The summed E-state index contributed by atoms with van der Waals surface area (Å²) in [5.41, 5.74) is -2.76. The molecule has 1 aliphatic carbocycles. The van der Waals surface area contributed by atoms with Crippen molar-refractivity contribution in [3.8, 4) is 0 Å². The van der Waals surface area contributed by atoms with Gasteiger partial charge in [-0.1, -0.05) is 56.3 Å². The van der Waals surface area contributed by atoms with Crippen LogP contribution in [-0.4, -0.2) is 51.9 Å². The molecule has 5 rings (SSSR count). The Bertz CT molecular complexity index is 1130. The van der Waals surface area contributed by atoms with Crippen LogP contribution >= 0.6 is 0 Å². The van der Waals surface area contributed by atoms with E-state index in [4.69, 9.17) is 14.2 Å². The number of ether oxygens (including phenoxy) is 3. The smallest absolute Gasteiger partial charge is 0.416 e. The third-order valence-corrected chi connectivity index (χ3v) is 8.64. The molecule has 0 radical (unpaired) electrons. The lowest BCUT2D eigenvalue weighted by Crippen LogP contribution is -2.61. The van der Waals surface area contributed by atoms with Gasteiger partial charge in [-0.3, -0.25) is 9.59 Å². The van der Waals surface area contributed by atoms with E-state index in [1.807, 2.05) is 56.3 Å². The number of nitrogens with one attached hydrogen (secondary N) is 1. The van der Waals surface area contributed by atoms with Crippen LogP contribution < -0.4 is 5.32 Å². The van der Waals surface area contributed by atoms with Crippen molar-refractivity contribution in [2.45, 2.75) is 69.5 Å². The lowest BCUT2D eigenvalue weighted by Gasteiger charge is -2.45. The van der Waals surface area contributed by atoms with Crippen molar-refractivity contribution in [3.05, 3.63) is 60.4 Å². The van der Waals surface area contributed by atoms with Gasteiger partial charge >= 0.3 is 6.16 Å². The van der Waals surface area contributed by atoms with Crippen LogP contribution in [0, 0.1) is 23.7 Å². The molecule has 3 fully saturated rings. The molecule has 4 aliphatic rings. The van der Waals surface area contributed by atoms with Gasteiger partial charge in [0, 0.05) is 17.9 Å². The Balaban J connectivity index is 1.58. The van der Waals surface area contributed by atoms with Crippen LogP contribution in [-0.2, 0) is 30.2 Å². The second kappa shape index (κ2) is 8.56. The van der Waals surface area contributed by atoms with Crippen molar-refractivity contribution in [2.75, 3.05) is 0 Å². The Kier molecular flexibility index (Phi) is 5.87. The standard InChI is InChI=1S/C28H33NO7/c1-16-9-8-12-19-23-27(4,35-23)17(2)21-20(15-18-10-6-5-7-11-18)29-24(31)28(19,21)36-25(32)34-14-13-26(3,33)22(16)30/h5-8,10-14,16-17,19-21,23,33H,9,15H2,1-4H3,(H,29,31)/b12-8-,14-13+. The van der Waals surface area contributed by atoms with Gasteiger partial charge in [-0.25, -0.2) is 4.79 Å². The van der Waals surface area contributed by atoms with Crippen molar-refractivity contribution >= 4 is 17.8 Å². The highest BCUT2D eigenvalue weighted by Crippen LogP contribution is 2.63. The number of ketones is 1. The minimum absolute atomic E-state index is 0.0972. The van der Waals surface area contributed by atoms with Crippen LogP contribution in [0.2, 0.25) is 0 Å². The lowest BCUT2D eigenvalue weighted by atomic mass is 9.59. The molecule has 8 nitrogen and oxygen atoms in total. The van der Waals surface area contributed by atoms with E-state index in [0.29, 0.717) is 12.8 Å². The Hall–Kier alpha value is -2.97. The Morgan fingerprint density at radius 1 is 1.11 bits per heavy atom. The van der Waals surface area contributed by atoms with E-state index in [0.717, 1.165) is 17.9 Å². The molecule has 0 bridgehead atoms. The zero-order chi connectivity index (χ0) is 25.9. The molecule has 3 aliphatic heterocycles. The van der Waals surface area contributed by atoms with E-state index >= 15 is 0 Å². The number of benzene rings is 1. The summed E-state index contributed by atoms with van der Waals surface area (Å²) in [7, 11) is 0. The number of allylic oxidation sites excluding steroid dienone is 1. The van der Waals surface area contributed by atoms with Crippen LogP contribution in [0.25, 0.3) is 0 Å². The number of cyclic esters (lactones) is 1. The summed E-state index contributed by atoms with van der Waals surface area (Å²) >= 11 is 0. The molecular formula is C28H33NO7. The number of aliphatic hydroxyl groups is 1. The first kappa shape index (κ1) is 24.7. The van der Waals surface area contributed by atoms with Crippen molar-refractivity contribution in [2.24, 2.45) is 23.7 Å². The third kappa shape index (κ3) is 3.78. The average Bonchev–Trinajstić information content (AvgIpc) is 3.45. The van der Waals surface area contributed by atoms with E-state index in [-0.39, 0.29) is 29.9 Å². The predicted octanol–water partition coefficient (Wildman–Crippen LogP) is 3.09. The van der Waals surface area contributed by atoms with Crippen LogP contribution in [0.3, 0.4) is 0 Å². The molecule has 1 spiro atoms. The number of rotatable bonds is 2. The first-order valence-electron chi connectivity index (χ1n) is 12.5. The Morgan fingerprint density at radius 3 is 2.56 bits per heavy atom. The molecule has 9 atom stereocenters. The largest absolute Gasteiger partial charge is 0.514 e. The zero-order valence-electron chi connectivity index (χ0n) is 21.0. The zero-order valence-corrected chi connectivity index (χ0v) is 21.0. The van der Waals surface area contributed by atoms with E-state index in [1.165, 1.54) is 6.92 Å². The normalized spacial score (nSPS) is 45.8. The van der Waals surface area contributed by atoms with Crippen LogP contribution in [0.5, 0.6) is 0 Å². The average molecular weight is 496 g/mol. The van der Waals surface area contributed by atoms with E-state index < -0.39 is 40.6 Å². The van der Waals surface area contributed by atoms with Gasteiger partial charge in [0.1, 0.15) is 5.60 Å². The van der Waals surface area contributed by atoms with Gasteiger partial charge in [0.25, 0.3) is 5.91 Å². The molecule has 2 saturated heterocycles. The molecule has 2 N–H and O–H groups in total. The second-order valence-electron chi connectivity index (χ2n) is 11.0. The molecule has 0 aromatic heterocycles. The summed E-state index contributed by atoms with van der Waals surface area (Å²) in [6, 6.07) is 9.58. The molecule has 192 valence electrons. The van der Waals surface area contributed by atoms with Gasteiger partial charge in [-0.15, -0.1) is 0 Å². The van der Waals surface area contributed by atoms with E-state index in [2.05, 4.69) is 5.32 Å². The number of fused-ring (bicyclic) bond motifs is 2. The van der Waals surface area contributed by atoms with Crippen molar-refractivity contribution in [1.82, 2.24) is 5.32 Å². The molecule has 3 heterocycles. The highest BCUT2D eigenvalue weighted by molar-refractivity contribution is 5.92. The topological polar surface area (TPSA) is 114 Å². The molecule has 1 amide bonds. The predicted molar refractivity (Wildman–Crippen MR) is 129 cm³/mol. The van der Waals surface area contributed by atoms with Gasteiger partial charge in [-0.05, 0) is 44.2 Å². The van der Waals surface area contributed by atoms with Gasteiger partial charge in [0.15, 0.2) is 5.78 Å². The number of hydrogen-bond donors (Lipinski definition) is 2. The highest BCUT2D eigenvalue weighted by atomic mass is 16.7. The summed E-state index contributed by atoms with van der Waals surface area (Å²) < 4.78 is 17.3. The monoisotopic (exact) mass is 495 g/mol. The molecule has 36 heavy (non-hydrogen) atoms. The summed E-state index contributed by atoms with van der Waals surface area (Å²) in [5.74, 6) is -2.32. The molecule has 1 saturated carbocycles. The number of hydrogen-bond acceptors (Lipinski definition) is 7. The van der Waals surface area contributed by atoms with Crippen molar-refractivity contribution in [3.63, 3.8) is 0 Å². The minimum Gasteiger partial charge on any atom is -0.416 e. The Labute approximate surface area is 210 Å². The minimum atomic E-state index is -1.81. The van der Waals surface area contributed by atoms with E-state index in [1.54, 1.807) is 6.92 Å². The van der Waals surface area contributed by atoms with Crippen molar-refractivity contribution < 1.29 is 33.7 Å². The number of epoxide rings is 1. The maximum absolute atomic E-state index is 13.8. The number of Topliss-reactive ketones (excluding diaryl/α,β-unsaturated/α-hetero) is 1. The SMILES string of the molecule is CC1C/C=C\C2C3OC3(C)C(C)C3C(Cc4ccccc4)NC(=O)C23OC(=O)O/C=C/C(C)(O)C1=O. The summed E-state index contributed by atoms with van der Waals surface area (Å²) in [4.78, 5) is 39.5. The lowest BCUT2D eigenvalue weighted by molar-refractivity contribution is -0.153. The fourth-order valence-electron chi connectivity index (χ4n) is 6.51. The molecule has 1 aromatic rings. The Morgan fingerprint density at radius 2 is 1.83 bits per heavy atom. The van der Waals surface area contributed by atoms with Crippen molar-refractivity contribution in [1.29, 1.82) is 0 Å². The number of carbonyl (C=O) groups is 3. The van der Waals surface area contributed by atoms with Gasteiger partial charge in [0.2, 0.25) is 5.60 Å². The van der Waals surface area contributed by atoms with Crippen LogP contribution in [0.15, 0.2) is 54.8 Å². The maximum atomic E-state index is 13.8. The van der Waals surface area contributed by atoms with Gasteiger partial charge in [0.05, 0.1) is 23.9 Å². The summed E-state index contributed by atoms with van der Waals surface area (Å²) in [5, 5.41) is 13.7. The third-order valence-electron chi connectivity index (χ3n) is 8.64. The van der Waals surface area contributed by atoms with Crippen LogP contribution in [0.4, 0.5) is 4.79 Å². The number of carbonyl (C=O) groups excluding carboxylic acids is 3. The molecule has 8 heteroatoms. The van der Waals surface area contributed by atoms with Crippen LogP contribution in [0.1, 0.15) is 39.7 Å². The van der Waals surface area contributed by atoms with E-state index in [9.17, 15) is 19.5 Å². The first-order chi connectivity index (χ1) is 17.0. The molecular weight excluding hydrogens is 462 g/mol. The fourth-order valence-corrected chi connectivity index (χ4v) is 6.51. The first-order valence-corrected chi connectivity index (χ1v) is 12.5. The fraction of sp³-hybridized carbons (Fsp3) is 0.536.